The highest BCUT2D eigenvalue weighted by Gasteiger charge is 2.36. The van der Waals surface area contributed by atoms with Gasteiger partial charge < -0.3 is 13.9 Å². The molecular formula is C28H25N3O8. The van der Waals surface area contributed by atoms with Crippen molar-refractivity contribution in [2.75, 3.05) is 6.61 Å². The van der Waals surface area contributed by atoms with Crippen LogP contribution in [0, 0.1) is 10.1 Å². The Labute approximate surface area is 223 Å². The third-order valence-corrected chi connectivity index (χ3v) is 5.74. The van der Waals surface area contributed by atoms with Crippen molar-refractivity contribution in [2.45, 2.75) is 26.5 Å². The number of hydrogen-bond acceptors (Lipinski definition) is 8. The lowest BCUT2D eigenvalue weighted by Gasteiger charge is -2.25. The highest BCUT2D eigenvalue weighted by Crippen LogP contribution is 2.35. The van der Waals surface area contributed by atoms with Crippen molar-refractivity contribution in [2.24, 2.45) is 0 Å². The van der Waals surface area contributed by atoms with Gasteiger partial charge in [-0.1, -0.05) is 6.08 Å². The number of non-ortho nitro benzene ring substituents is 1. The molecule has 4 amide bonds. The molecule has 1 saturated heterocycles. The lowest BCUT2D eigenvalue weighted by molar-refractivity contribution is -0.384. The van der Waals surface area contributed by atoms with E-state index >= 15 is 0 Å². The molecule has 0 saturated carbocycles. The molecule has 1 aliphatic rings. The molecule has 1 aliphatic heterocycles. The van der Waals surface area contributed by atoms with Crippen molar-refractivity contribution in [1.82, 2.24) is 10.2 Å². The standard InChI is InChI=1S/C28H25N3O8/c1-3-6-20-13-19(14-23-26(32)29-28(34)30(27(23)33)16-22-7-5-12-38-22)15-24(37-4-2)25(20)39-17-18-8-10-21(11-9-18)31(35)36/h3,5,7-15H,1,4,6,16-17H2,2H3,(H,29,32,34)/b23-14+. The molecule has 0 radical (unpaired) electrons. The first-order valence-electron chi connectivity index (χ1n) is 12.0. The van der Waals surface area contributed by atoms with E-state index in [0.717, 1.165) is 4.90 Å². The Kier molecular flexibility index (Phi) is 8.20. The molecule has 3 aromatic rings. The van der Waals surface area contributed by atoms with E-state index in [2.05, 4.69) is 11.9 Å². The molecule has 0 bridgehead atoms. The molecule has 2 heterocycles. The van der Waals surface area contributed by atoms with Crippen molar-refractivity contribution in [3.63, 3.8) is 0 Å². The van der Waals surface area contributed by atoms with Crippen LogP contribution in [0.15, 0.2) is 77.4 Å². The Morgan fingerprint density at radius 2 is 1.90 bits per heavy atom. The number of barbiturate groups is 1. The van der Waals surface area contributed by atoms with Gasteiger partial charge in [-0.15, -0.1) is 6.58 Å². The lowest BCUT2D eigenvalue weighted by Crippen LogP contribution is -2.53. The van der Waals surface area contributed by atoms with Crippen LogP contribution >= 0.6 is 0 Å². The largest absolute Gasteiger partial charge is 0.490 e. The molecule has 11 nitrogen and oxygen atoms in total. The van der Waals surface area contributed by atoms with Gasteiger partial charge in [0.2, 0.25) is 0 Å². The van der Waals surface area contributed by atoms with Gasteiger partial charge in [0.15, 0.2) is 11.5 Å². The van der Waals surface area contributed by atoms with E-state index in [1.165, 1.54) is 24.5 Å². The van der Waals surface area contributed by atoms with Gasteiger partial charge in [0.1, 0.15) is 17.9 Å². The number of ether oxygens (including phenoxy) is 2. The third kappa shape index (κ3) is 6.21. The zero-order valence-electron chi connectivity index (χ0n) is 21.0. The number of nitro benzene ring substituents is 1. The summed E-state index contributed by atoms with van der Waals surface area (Å²) < 4.78 is 17.1. The Bertz CT molecular complexity index is 1440. The number of nitrogens with one attached hydrogen (secondary N) is 1. The van der Waals surface area contributed by atoms with Gasteiger partial charge in [-0.25, -0.2) is 4.79 Å². The number of carbonyl (C=O) groups is 3. The second kappa shape index (κ2) is 11.9. The molecule has 0 unspecified atom stereocenters. The molecule has 0 spiro atoms. The summed E-state index contributed by atoms with van der Waals surface area (Å²) in [6.07, 6.45) is 4.86. The third-order valence-electron chi connectivity index (χ3n) is 5.74. The maximum Gasteiger partial charge on any atom is 0.331 e. The van der Waals surface area contributed by atoms with Crippen LogP contribution in [0.4, 0.5) is 10.5 Å². The summed E-state index contributed by atoms with van der Waals surface area (Å²) in [5.74, 6) is -0.387. The van der Waals surface area contributed by atoms with Crippen molar-refractivity contribution in [3.05, 3.63) is 106 Å². The van der Waals surface area contributed by atoms with Gasteiger partial charge in [0.25, 0.3) is 17.5 Å². The average molecular weight is 532 g/mol. The summed E-state index contributed by atoms with van der Waals surface area (Å²) >= 11 is 0. The lowest BCUT2D eigenvalue weighted by atomic mass is 10.0. The number of nitrogens with zero attached hydrogens (tertiary/aromatic N) is 2. The summed E-state index contributed by atoms with van der Waals surface area (Å²) in [4.78, 5) is 49.4. The van der Waals surface area contributed by atoms with Crippen LogP contribution in [0.2, 0.25) is 0 Å². The summed E-state index contributed by atoms with van der Waals surface area (Å²) in [5, 5.41) is 13.1. The zero-order chi connectivity index (χ0) is 27.9. The van der Waals surface area contributed by atoms with E-state index in [-0.39, 0.29) is 24.4 Å². The molecule has 2 aromatic carbocycles. The molecule has 4 rings (SSSR count). The van der Waals surface area contributed by atoms with Gasteiger partial charge in [0, 0.05) is 17.7 Å². The molecule has 1 aromatic heterocycles. The number of imide groups is 2. The number of carbonyl (C=O) groups excluding carboxylic acids is 3. The molecule has 0 aliphatic carbocycles. The Morgan fingerprint density at radius 3 is 2.54 bits per heavy atom. The SMILES string of the molecule is C=CCc1cc(/C=C2\C(=O)NC(=O)N(Cc3ccco3)C2=O)cc(OCC)c1OCc1ccc([N+](=O)[O-])cc1. The highest BCUT2D eigenvalue weighted by molar-refractivity contribution is 6.30. The summed E-state index contributed by atoms with van der Waals surface area (Å²) in [6, 6.07) is 11.8. The zero-order valence-corrected chi connectivity index (χ0v) is 21.0. The molecule has 11 heteroatoms. The molecular weight excluding hydrogens is 506 g/mol. The van der Waals surface area contributed by atoms with Crippen LogP contribution in [0.1, 0.15) is 29.4 Å². The maximum absolute atomic E-state index is 13.1. The van der Waals surface area contributed by atoms with Gasteiger partial charge in [-0.05, 0) is 66.9 Å². The quantitative estimate of drug-likeness (QED) is 0.125. The number of hydrogen-bond donors (Lipinski definition) is 1. The summed E-state index contributed by atoms with van der Waals surface area (Å²) in [6.45, 7) is 5.89. The Balaban J connectivity index is 1.65. The second-order valence-electron chi connectivity index (χ2n) is 8.43. The highest BCUT2D eigenvalue weighted by atomic mass is 16.6. The average Bonchev–Trinajstić information content (AvgIpc) is 3.42. The minimum Gasteiger partial charge on any atom is -0.490 e. The van der Waals surface area contributed by atoms with E-state index in [1.54, 1.807) is 49.4 Å². The van der Waals surface area contributed by atoms with E-state index in [1.807, 2.05) is 0 Å². The minimum atomic E-state index is -0.837. The second-order valence-corrected chi connectivity index (χ2v) is 8.43. The van der Waals surface area contributed by atoms with Crippen LogP contribution in [-0.2, 0) is 29.2 Å². The van der Waals surface area contributed by atoms with Gasteiger partial charge in [-0.2, -0.15) is 0 Å². The number of furan rings is 1. The normalized spacial score (nSPS) is 14.3. The monoisotopic (exact) mass is 531 g/mol. The Hall–Kier alpha value is -5.19. The van der Waals surface area contributed by atoms with Crippen molar-refractivity contribution >= 4 is 29.6 Å². The van der Waals surface area contributed by atoms with Gasteiger partial charge in [-0.3, -0.25) is 29.9 Å². The fourth-order valence-electron chi connectivity index (χ4n) is 3.93. The molecule has 0 atom stereocenters. The fraction of sp³-hybridized carbons (Fsp3) is 0.179. The van der Waals surface area contributed by atoms with E-state index in [9.17, 15) is 24.5 Å². The van der Waals surface area contributed by atoms with Crippen LogP contribution in [0.25, 0.3) is 6.08 Å². The topological polar surface area (TPSA) is 141 Å². The number of nitro groups is 1. The van der Waals surface area contributed by atoms with Gasteiger partial charge in [0.05, 0.1) is 24.3 Å². The first-order chi connectivity index (χ1) is 18.8. The fourth-order valence-corrected chi connectivity index (χ4v) is 3.93. The Morgan fingerprint density at radius 1 is 1.13 bits per heavy atom. The van der Waals surface area contributed by atoms with E-state index in [0.29, 0.717) is 47.0 Å². The first kappa shape index (κ1) is 26.9. The maximum atomic E-state index is 13.1. The van der Waals surface area contributed by atoms with E-state index < -0.39 is 22.8 Å². The van der Waals surface area contributed by atoms with Crippen LogP contribution in [0.3, 0.4) is 0 Å². The van der Waals surface area contributed by atoms with E-state index in [4.69, 9.17) is 13.9 Å². The minimum absolute atomic E-state index is 0.0239. The number of rotatable bonds is 11. The van der Waals surface area contributed by atoms with Crippen molar-refractivity contribution in [3.8, 4) is 11.5 Å². The van der Waals surface area contributed by atoms with Crippen LogP contribution in [-0.4, -0.2) is 34.3 Å². The first-order valence-corrected chi connectivity index (χ1v) is 12.0. The van der Waals surface area contributed by atoms with Crippen molar-refractivity contribution in [1.29, 1.82) is 0 Å². The summed E-state index contributed by atoms with van der Waals surface area (Å²) in [7, 11) is 0. The predicted octanol–water partition coefficient (Wildman–Crippen LogP) is 4.56. The van der Waals surface area contributed by atoms with Crippen molar-refractivity contribution < 1.29 is 33.2 Å². The molecule has 39 heavy (non-hydrogen) atoms. The molecule has 1 fully saturated rings. The molecule has 200 valence electrons. The molecule has 1 N–H and O–H groups in total. The van der Waals surface area contributed by atoms with Crippen LogP contribution < -0.4 is 14.8 Å². The summed E-state index contributed by atoms with van der Waals surface area (Å²) in [5.41, 5.74) is 1.61. The van der Waals surface area contributed by atoms with Gasteiger partial charge >= 0.3 is 6.03 Å². The predicted molar refractivity (Wildman–Crippen MR) is 140 cm³/mol. The smallest absolute Gasteiger partial charge is 0.331 e. The number of allylic oxidation sites excluding steroid dienone is 1. The number of benzene rings is 2. The van der Waals surface area contributed by atoms with Crippen LogP contribution in [0.5, 0.6) is 11.5 Å². The number of urea groups is 1. The number of amides is 4.